The molecule has 5 rings (SSSR count). The smallest absolute Gasteiger partial charge is 0.297 e. The van der Waals surface area contributed by atoms with Crippen molar-refractivity contribution < 1.29 is 18.6 Å². The molecule has 170 valence electrons. The average molecular weight is 481 g/mol. The molecule has 0 bridgehead atoms. The van der Waals surface area contributed by atoms with Crippen LogP contribution in [0, 0.1) is 6.92 Å². The van der Waals surface area contributed by atoms with Gasteiger partial charge in [0.25, 0.3) is 5.92 Å². The fourth-order valence-electron chi connectivity index (χ4n) is 4.63. The average Bonchev–Trinajstić information content (AvgIpc) is 3.37. The SMILES string of the molecule is Cc1[nH]nc(-c2ncccc2CO)c1CN1CCC2(CC1)OCC(F)(F)c1cc(Cl)sc12. The fraction of sp³-hybridized carbons (Fsp3) is 0.455. The molecule has 6 nitrogen and oxygen atoms in total. The van der Waals surface area contributed by atoms with Gasteiger partial charge in [-0.2, -0.15) is 13.9 Å². The highest BCUT2D eigenvalue weighted by atomic mass is 35.5. The number of nitrogens with zero attached hydrogens (tertiary/aromatic N) is 3. The van der Waals surface area contributed by atoms with Gasteiger partial charge in [-0.25, -0.2) is 0 Å². The van der Waals surface area contributed by atoms with Gasteiger partial charge in [-0.05, 0) is 31.9 Å². The van der Waals surface area contributed by atoms with Gasteiger partial charge >= 0.3 is 0 Å². The van der Waals surface area contributed by atoms with Crippen LogP contribution in [-0.4, -0.2) is 44.9 Å². The minimum Gasteiger partial charge on any atom is -0.392 e. The predicted octanol–water partition coefficient (Wildman–Crippen LogP) is 4.60. The molecule has 0 aromatic carbocycles. The van der Waals surface area contributed by atoms with Crippen LogP contribution >= 0.6 is 22.9 Å². The minimum absolute atomic E-state index is 0.0202. The van der Waals surface area contributed by atoms with E-state index in [1.165, 1.54) is 17.4 Å². The number of hydrogen-bond acceptors (Lipinski definition) is 6. The van der Waals surface area contributed by atoms with E-state index in [2.05, 4.69) is 20.1 Å². The number of hydrogen-bond donors (Lipinski definition) is 2. The van der Waals surface area contributed by atoms with Crippen LogP contribution in [0.3, 0.4) is 0 Å². The van der Waals surface area contributed by atoms with Crippen molar-refractivity contribution in [1.29, 1.82) is 0 Å². The number of aryl methyl sites for hydroxylation is 1. The van der Waals surface area contributed by atoms with E-state index >= 15 is 0 Å². The molecule has 1 spiro atoms. The molecule has 10 heteroatoms. The summed E-state index contributed by atoms with van der Waals surface area (Å²) in [4.78, 5) is 7.28. The van der Waals surface area contributed by atoms with Crippen LogP contribution in [0.15, 0.2) is 24.4 Å². The number of fused-ring (bicyclic) bond motifs is 2. The lowest BCUT2D eigenvalue weighted by Gasteiger charge is -2.45. The highest BCUT2D eigenvalue weighted by molar-refractivity contribution is 7.16. The first-order valence-electron chi connectivity index (χ1n) is 10.5. The van der Waals surface area contributed by atoms with Crippen molar-refractivity contribution in [2.45, 2.75) is 44.4 Å². The van der Waals surface area contributed by atoms with Gasteiger partial charge in [0, 0.05) is 53.1 Å². The van der Waals surface area contributed by atoms with E-state index in [4.69, 9.17) is 16.3 Å². The second-order valence-corrected chi connectivity index (χ2v) is 10.1. The number of rotatable bonds is 4. The number of aliphatic hydroxyl groups excluding tert-OH is 1. The number of H-pyrrole nitrogens is 1. The third-order valence-corrected chi connectivity index (χ3v) is 7.89. The maximum atomic E-state index is 14.4. The van der Waals surface area contributed by atoms with Crippen molar-refractivity contribution in [3.8, 4) is 11.4 Å². The molecule has 2 aliphatic heterocycles. The Morgan fingerprint density at radius 1 is 1.31 bits per heavy atom. The molecule has 0 amide bonds. The summed E-state index contributed by atoms with van der Waals surface area (Å²) in [7, 11) is 0. The van der Waals surface area contributed by atoms with Crippen LogP contribution in [-0.2, 0) is 29.4 Å². The van der Waals surface area contributed by atoms with Gasteiger partial charge in [-0.1, -0.05) is 17.7 Å². The summed E-state index contributed by atoms with van der Waals surface area (Å²) in [5.74, 6) is -3.00. The summed E-state index contributed by atoms with van der Waals surface area (Å²) in [6.45, 7) is 3.27. The normalized spacial score (nSPS) is 19.9. The Bertz CT molecular complexity index is 1140. The molecule has 32 heavy (non-hydrogen) atoms. The summed E-state index contributed by atoms with van der Waals surface area (Å²) in [5, 5.41) is 17.2. The Balaban J connectivity index is 1.37. The number of aromatic amines is 1. The van der Waals surface area contributed by atoms with Crippen molar-refractivity contribution in [2.24, 2.45) is 0 Å². The number of piperidine rings is 1. The second kappa shape index (κ2) is 8.14. The zero-order valence-corrected chi connectivity index (χ0v) is 19.1. The van der Waals surface area contributed by atoms with E-state index in [0.29, 0.717) is 47.4 Å². The minimum atomic E-state index is -3.00. The Hall–Kier alpha value is -1.91. The fourth-order valence-corrected chi connectivity index (χ4v) is 6.11. The van der Waals surface area contributed by atoms with E-state index in [0.717, 1.165) is 22.5 Å². The molecule has 1 fully saturated rings. The molecule has 5 heterocycles. The molecule has 0 radical (unpaired) electrons. The molecule has 2 aliphatic rings. The van der Waals surface area contributed by atoms with Gasteiger partial charge in [0.1, 0.15) is 17.9 Å². The van der Waals surface area contributed by atoms with Crippen molar-refractivity contribution in [3.05, 3.63) is 56.0 Å². The lowest BCUT2D eigenvalue weighted by atomic mass is 9.84. The number of likely N-dealkylation sites (tertiary alicyclic amines) is 1. The maximum absolute atomic E-state index is 14.4. The van der Waals surface area contributed by atoms with Gasteiger partial charge in [0.05, 0.1) is 16.6 Å². The molecule has 0 atom stereocenters. The topological polar surface area (TPSA) is 74.3 Å². The Morgan fingerprint density at radius 2 is 2.09 bits per heavy atom. The van der Waals surface area contributed by atoms with Crippen LogP contribution in [0.5, 0.6) is 0 Å². The second-order valence-electron chi connectivity index (χ2n) is 8.40. The zero-order valence-electron chi connectivity index (χ0n) is 17.5. The number of thiophene rings is 1. The first-order chi connectivity index (χ1) is 15.3. The van der Waals surface area contributed by atoms with Crippen molar-refractivity contribution >= 4 is 22.9 Å². The van der Waals surface area contributed by atoms with Gasteiger partial charge < -0.3 is 9.84 Å². The molecule has 0 saturated carbocycles. The van der Waals surface area contributed by atoms with Gasteiger partial charge in [-0.15, -0.1) is 11.3 Å². The van der Waals surface area contributed by atoms with Crippen molar-refractivity contribution in [1.82, 2.24) is 20.1 Å². The van der Waals surface area contributed by atoms with Crippen LogP contribution in [0.4, 0.5) is 8.78 Å². The van der Waals surface area contributed by atoms with Crippen LogP contribution in [0.1, 0.15) is 40.1 Å². The summed E-state index contributed by atoms with van der Waals surface area (Å²) in [6.07, 6.45) is 2.92. The molecule has 0 aliphatic carbocycles. The summed E-state index contributed by atoms with van der Waals surface area (Å²) < 4.78 is 34.9. The third kappa shape index (κ3) is 3.66. The highest BCUT2D eigenvalue weighted by Gasteiger charge is 2.51. The number of nitrogens with one attached hydrogen (secondary N) is 1. The first kappa shape index (κ1) is 21.9. The molecule has 0 unspecified atom stereocenters. The Labute approximate surface area is 193 Å². The number of pyridine rings is 1. The zero-order chi connectivity index (χ0) is 22.5. The molecule has 3 aromatic rings. The summed E-state index contributed by atoms with van der Waals surface area (Å²) >= 11 is 7.31. The highest BCUT2D eigenvalue weighted by Crippen LogP contribution is 2.52. The summed E-state index contributed by atoms with van der Waals surface area (Å²) in [6, 6.07) is 5.02. The molecule has 3 aromatic heterocycles. The lowest BCUT2D eigenvalue weighted by molar-refractivity contribution is -0.182. The van der Waals surface area contributed by atoms with Crippen LogP contribution < -0.4 is 0 Å². The Morgan fingerprint density at radius 3 is 2.84 bits per heavy atom. The maximum Gasteiger partial charge on any atom is 0.297 e. The number of halogens is 3. The van der Waals surface area contributed by atoms with E-state index in [9.17, 15) is 13.9 Å². The molecule has 2 N–H and O–H groups in total. The number of aromatic nitrogens is 3. The number of alkyl halides is 2. The van der Waals surface area contributed by atoms with Crippen molar-refractivity contribution in [2.75, 3.05) is 19.7 Å². The van der Waals surface area contributed by atoms with Crippen LogP contribution in [0.2, 0.25) is 4.34 Å². The predicted molar refractivity (Wildman–Crippen MR) is 118 cm³/mol. The first-order valence-corrected chi connectivity index (χ1v) is 11.7. The van der Waals surface area contributed by atoms with Crippen molar-refractivity contribution in [3.63, 3.8) is 0 Å². The van der Waals surface area contributed by atoms with E-state index < -0.39 is 18.1 Å². The van der Waals surface area contributed by atoms with Gasteiger partial charge in [-0.3, -0.25) is 15.0 Å². The monoisotopic (exact) mass is 480 g/mol. The van der Waals surface area contributed by atoms with E-state index in [1.54, 1.807) is 12.3 Å². The summed E-state index contributed by atoms with van der Waals surface area (Å²) in [5.41, 5.74) is 3.39. The van der Waals surface area contributed by atoms with Gasteiger partial charge in [0.2, 0.25) is 0 Å². The van der Waals surface area contributed by atoms with E-state index in [-0.39, 0.29) is 12.2 Å². The molecule has 1 saturated heterocycles. The Kier molecular flexibility index (Phi) is 5.58. The largest absolute Gasteiger partial charge is 0.392 e. The molecular formula is C22H23ClF2N4O2S. The standard InChI is InChI=1S/C22H23ClF2N4O2S/c1-13-15(19(28-27-13)18-14(11-30)3-2-6-26-18)10-29-7-4-21(5-8-29)20-16(9-17(23)32-20)22(24,25)12-31-21/h2-3,6,9,30H,4-5,7-8,10-12H2,1H3,(H,27,28). The number of aliphatic hydroxyl groups is 1. The third-order valence-electron chi connectivity index (χ3n) is 6.44. The lowest BCUT2D eigenvalue weighted by Crippen LogP contribution is -2.48. The number of ether oxygens (including phenoxy) is 1. The quantitative estimate of drug-likeness (QED) is 0.571. The molecular weight excluding hydrogens is 458 g/mol. The van der Waals surface area contributed by atoms with Gasteiger partial charge in [0.15, 0.2) is 0 Å². The van der Waals surface area contributed by atoms with E-state index in [1.807, 2.05) is 13.0 Å². The van der Waals surface area contributed by atoms with Crippen LogP contribution in [0.25, 0.3) is 11.4 Å².